The molecule has 3 rings (SSSR count). The molecule has 0 bridgehead atoms. The highest BCUT2D eigenvalue weighted by Gasteiger charge is 2.45. The standard InChI is InChI=1S/C21H23NO3/c1-2-9-18(23)17-14-19(24)22(21(17)25)20(15-10-5-3-6-11-15)16-12-7-4-8-13-16/h3-8,10-13,17-18,20,23H,2,9,14H2,1H3/t17-,18-/m0/s1. The number of hydrogen-bond acceptors (Lipinski definition) is 3. The minimum absolute atomic E-state index is 0.0795. The third-order valence-electron chi connectivity index (χ3n) is 4.76. The lowest BCUT2D eigenvalue weighted by atomic mass is 9.95. The number of rotatable bonds is 6. The number of hydrogen-bond donors (Lipinski definition) is 1. The van der Waals surface area contributed by atoms with Crippen LogP contribution < -0.4 is 0 Å². The van der Waals surface area contributed by atoms with E-state index in [0.717, 1.165) is 17.5 Å². The van der Waals surface area contributed by atoms with E-state index in [1.807, 2.05) is 67.6 Å². The highest BCUT2D eigenvalue weighted by atomic mass is 16.3. The Morgan fingerprint density at radius 1 is 1.00 bits per heavy atom. The van der Waals surface area contributed by atoms with Gasteiger partial charge in [-0.25, -0.2) is 0 Å². The van der Waals surface area contributed by atoms with Crippen LogP contribution in [0.5, 0.6) is 0 Å². The highest BCUT2D eigenvalue weighted by molar-refractivity contribution is 6.04. The third kappa shape index (κ3) is 3.49. The van der Waals surface area contributed by atoms with Gasteiger partial charge in [0.05, 0.1) is 18.1 Å². The molecule has 2 atom stereocenters. The van der Waals surface area contributed by atoms with E-state index >= 15 is 0 Å². The first-order valence-electron chi connectivity index (χ1n) is 8.77. The summed E-state index contributed by atoms with van der Waals surface area (Å²) in [6.45, 7) is 1.96. The van der Waals surface area contributed by atoms with E-state index in [0.29, 0.717) is 6.42 Å². The molecule has 1 aliphatic heterocycles. The first-order chi connectivity index (χ1) is 12.1. The number of carbonyl (C=O) groups excluding carboxylic acids is 2. The minimum atomic E-state index is -0.765. The molecule has 0 radical (unpaired) electrons. The Morgan fingerprint density at radius 2 is 1.52 bits per heavy atom. The summed E-state index contributed by atoms with van der Waals surface area (Å²) in [5.74, 6) is -1.13. The summed E-state index contributed by atoms with van der Waals surface area (Å²) in [6.07, 6.45) is 0.619. The van der Waals surface area contributed by atoms with Crippen LogP contribution in [0.2, 0.25) is 0 Å². The maximum absolute atomic E-state index is 13.0. The number of amides is 2. The number of imide groups is 1. The molecule has 1 saturated heterocycles. The molecule has 0 saturated carbocycles. The monoisotopic (exact) mass is 337 g/mol. The van der Waals surface area contributed by atoms with Gasteiger partial charge in [0.25, 0.3) is 0 Å². The van der Waals surface area contributed by atoms with Gasteiger partial charge in [-0.05, 0) is 17.5 Å². The molecule has 2 aromatic rings. The van der Waals surface area contributed by atoms with E-state index in [-0.39, 0.29) is 18.2 Å². The highest BCUT2D eigenvalue weighted by Crippen LogP contribution is 2.36. The quantitative estimate of drug-likeness (QED) is 0.823. The Labute approximate surface area is 148 Å². The second kappa shape index (κ2) is 7.62. The number of benzene rings is 2. The normalized spacial score (nSPS) is 18.8. The van der Waals surface area contributed by atoms with E-state index in [4.69, 9.17) is 0 Å². The zero-order chi connectivity index (χ0) is 17.8. The summed E-state index contributed by atoms with van der Waals surface area (Å²) >= 11 is 0. The van der Waals surface area contributed by atoms with Crippen molar-refractivity contribution in [1.29, 1.82) is 0 Å². The first-order valence-corrected chi connectivity index (χ1v) is 8.77. The van der Waals surface area contributed by atoms with Crippen LogP contribution in [0.25, 0.3) is 0 Å². The molecule has 4 nitrogen and oxygen atoms in total. The summed E-state index contributed by atoms with van der Waals surface area (Å²) in [5.41, 5.74) is 1.78. The predicted molar refractivity (Wildman–Crippen MR) is 95.6 cm³/mol. The van der Waals surface area contributed by atoms with Crippen molar-refractivity contribution in [2.75, 3.05) is 0 Å². The van der Waals surface area contributed by atoms with Gasteiger partial charge >= 0.3 is 0 Å². The van der Waals surface area contributed by atoms with Gasteiger partial charge in [-0.3, -0.25) is 14.5 Å². The van der Waals surface area contributed by atoms with Crippen molar-refractivity contribution in [2.24, 2.45) is 5.92 Å². The first kappa shape index (κ1) is 17.4. The zero-order valence-corrected chi connectivity index (χ0v) is 14.3. The second-order valence-electron chi connectivity index (χ2n) is 6.49. The fraction of sp³-hybridized carbons (Fsp3) is 0.333. The Balaban J connectivity index is 1.99. The van der Waals surface area contributed by atoms with E-state index < -0.39 is 18.1 Å². The smallest absolute Gasteiger partial charge is 0.236 e. The minimum Gasteiger partial charge on any atom is -0.392 e. The van der Waals surface area contributed by atoms with Crippen molar-refractivity contribution in [2.45, 2.75) is 38.3 Å². The molecule has 1 fully saturated rings. The summed E-state index contributed by atoms with van der Waals surface area (Å²) in [4.78, 5) is 27.0. The van der Waals surface area contributed by atoms with Crippen LogP contribution in [-0.2, 0) is 9.59 Å². The number of aliphatic hydroxyl groups excluding tert-OH is 1. The topological polar surface area (TPSA) is 57.6 Å². The van der Waals surface area contributed by atoms with Crippen LogP contribution in [-0.4, -0.2) is 27.9 Å². The van der Waals surface area contributed by atoms with Crippen LogP contribution in [0.3, 0.4) is 0 Å². The summed E-state index contributed by atoms with van der Waals surface area (Å²) in [6, 6.07) is 18.7. The van der Waals surface area contributed by atoms with Gasteiger partial charge in [0, 0.05) is 6.42 Å². The fourth-order valence-corrected chi connectivity index (χ4v) is 3.51. The third-order valence-corrected chi connectivity index (χ3v) is 4.76. The molecular formula is C21H23NO3. The lowest BCUT2D eigenvalue weighted by Gasteiger charge is -2.28. The Morgan fingerprint density at radius 3 is 2.00 bits per heavy atom. The number of aliphatic hydroxyl groups is 1. The van der Waals surface area contributed by atoms with Crippen molar-refractivity contribution in [1.82, 2.24) is 4.90 Å². The van der Waals surface area contributed by atoms with Gasteiger partial charge < -0.3 is 5.11 Å². The molecule has 0 aliphatic carbocycles. The SMILES string of the molecule is CCC[C@H](O)[C@@H]1CC(=O)N(C(c2ccccc2)c2ccccc2)C1=O. The van der Waals surface area contributed by atoms with Crippen molar-refractivity contribution < 1.29 is 14.7 Å². The average molecular weight is 337 g/mol. The van der Waals surface area contributed by atoms with Crippen molar-refractivity contribution in [3.8, 4) is 0 Å². The summed E-state index contributed by atoms with van der Waals surface area (Å²) < 4.78 is 0. The zero-order valence-electron chi connectivity index (χ0n) is 14.3. The van der Waals surface area contributed by atoms with E-state index in [9.17, 15) is 14.7 Å². The molecule has 2 amide bonds. The Hall–Kier alpha value is -2.46. The molecule has 4 heteroatoms. The molecule has 0 spiro atoms. The van der Waals surface area contributed by atoms with Gasteiger partial charge in [-0.2, -0.15) is 0 Å². The summed E-state index contributed by atoms with van der Waals surface area (Å²) in [5, 5.41) is 10.3. The van der Waals surface area contributed by atoms with Crippen LogP contribution in [0, 0.1) is 5.92 Å². The van der Waals surface area contributed by atoms with Gasteiger partial charge in [-0.15, -0.1) is 0 Å². The molecule has 25 heavy (non-hydrogen) atoms. The van der Waals surface area contributed by atoms with Gasteiger partial charge in [0.2, 0.25) is 11.8 Å². The van der Waals surface area contributed by atoms with Gasteiger partial charge in [0.1, 0.15) is 0 Å². The van der Waals surface area contributed by atoms with E-state index in [1.165, 1.54) is 4.90 Å². The maximum atomic E-state index is 13.0. The Bertz CT molecular complexity index is 690. The van der Waals surface area contributed by atoms with Gasteiger partial charge in [-0.1, -0.05) is 74.0 Å². The molecule has 0 aromatic heterocycles. The van der Waals surface area contributed by atoms with Crippen LogP contribution in [0.1, 0.15) is 43.4 Å². The molecular weight excluding hydrogens is 314 g/mol. The largest absolute Gasteiger partial charge is 0.392 e. The van der Waals surface area contributed by atoms with Crippen LogP contribution in [0.4, 0.5) is 0 Å². The average Bonchev–Trinajstić information content (AvgIpc) is 2.93. The molecule has 1 heterocycles. The summed E-state index contributed by atoms with van der Waals surface area (Å²) in [7, 11) is 0. The lowest BCUT2D eigenvalue weighted by molar-refractivity contribution is -0.142. The number of nitrogens with zero attached hydrogens (tertiary/aromatic N) is 1. The molecule has 1 N–H and O–H groups in total. The van der Waals surface area contributed by atoms with E-state index in [2.05, 4.69) is 0 Å². The predicted octanol–water partition coefficient (Wildman–Crippen LogP) is 3.31. The number of likely N-dealkylation sites (tertiary alicyclic amines) is 1. The fourth-order valence-electron chi connectivity index (χ4n) is 3.51. The Kier molecular flexibility index (Phi) is 5.29. The lowest BCUT2D eigenvalue weighted by Crippen LogP contribution is -2.37. The maximum Gasteiger partial charge on any atom is 0.236 e. The molecule has 1 aliphatic rings. The van der Waals surface area contributed by atoms with E-state index in [1.54, 1.807) is 0 Å². The van der Waals surface area contributed by atoms with Crippen molar-refractivity contribution in [3.63, 3.8) is 0 Å². The molecule has 130 valence electrons. The van der Waals surface area contributed by atoms with Crippen molar-refractivity contribution >= 4 is 11.8 Å². The van der Waals surface area contributed by atoms with Crippen molar-refractivity contribution in [3.05, 3.63) is 71.8 Å². The molecule has 0 unspecified atom stereocenters. The number of carbonyl (C=O) groups is 2. The van der Waals surface area contributed by atoms with Crippen LogP contribution in [0.15, 0.2) is 60.7 Å². The van der Waals surface area contributed by atoms with Gasteiger partial charge in [0.15, 0.2) is 0 Å². The van der Waals surface area contributed by atoms with Crippen LogP contribution >= 0.6 is 0 Å². The molecule has 2 aromatic carbocycles. The second-order valence-corrected chi connectivity index (χ2v) is 6.49.